The fraction of sp³-hybridized carbons (Fsp3) is 0.286. The van der Waals surface area contributed by atoms with Gasteiger partial charge in [0.15, 0.2) is 6.10 Å². The molecule has 2 heterocycles. The van der Waals surface area contributed by atoms with Gasteiger partial charge in [0.1, 0.15) is 9.71 Å². The molecule has 7 heteroatoms. The first-order valence-electron chi connectivity index (χ1n) is 8.93. The van der Waals surface area contributed by atoms with Crippen molar-refractivity contribution in [2.24, 2.45) is 0 Å². The molecule has 3 rings (SSSR count). The van der Waals surface area contributed by atoms with E-state index in [1.165, 1.54) is 18.3 Å². The van der Waals surface area contributed by atoms with Crippen molar-refractivity contribution in [3.63, 3.8) is 0 Å². The first-order valence-corrected chi connectivity index (χ1v) is 9.75. The maximum Gasteiger partial charge on any atom is 0.351 e. The number of carbonyl (C=O) groups is 2. The molecule has 0 aliphatic rings. The Kier molecular flexibility index (Phi) is 5.38. The summed E-state index contributed by atoms with van der Waals surface area (Å²) < 4.78 is 5.38. The summed E-state index contributed by atoms with van der Waals surface area (Å²) in [7, 11) is 0. The number of aryl methyl sites for hydroxylation is 4. The third-order valence-corrected chi connectivity index (χ3v) is 5.67. The van der Waals surface area contributed by atoms with E-state index in [9.17, 15) is 9.59 Å². The van der Waals surface area contributed by atoms with Gasteiger partial charge >= 0.3 is 5.97 Å². The zero-order valence-corrected chi connectivity index (χ0v) is 17.4. The van der Waals surface area contributed by atoms with E-state index >= 15 is 0 Å². The largest absolute Gasteiger partial charge is 0.448 e. The average Bonchev–Trinajstić information content (AvgIpc) is 2.94. The number of hydrogen-bond acceptors (Lipinski definition) is 6. The van der Waals surface area contributed by atoms with Crippen LogP contribution in [0.5, 0.6) is 0 Å². The molecule has 3 aromatic rings. The summed E-state index contributed by atoms with van der Waals surface area (Å²) in [5.41, 5.74) is 10.9. The summed E-state index contributed by atoms with van der Waals surface area (Å²) in [5, 5.41) is 3.60. The SMILES string of the molecule is Cc1cc(C)c2c(N)c(C(=O)O[C@H](C)C(=O)Nc3c(C)cccc3C)sc2n1. The molecule has 0 spiro atoms. The fourth-order valence-corrected chi connectivity index (χ4v) is 4.22. The van der Waals surface area contributed by atoms with Crippen LogP contribution in [0.3, 0.4) is 0 Å². The number of amides is 1. The van der Waals surface area contributed by atoms with Crippen LogP contribution in [-0.2, 0) is 9.53 Å². The molecule has 1 aromatic carbocycles. The Labute approximate surface area is 167 Å². The van der Waals surface area contributed by atoms with Crippen LogP contribution in [0.15, 0.2) is 24.3 Å². The Morgan fingerprint density at radius 2 is 1.79 bits per heavy atom. The Bertz CT molecular complexity index is 1070. The van der Waals surface area contributed by atoms with Gasteiger partial charge in [-0.25, -0.2) is 9.78 Å². The first kappa shape index (κ1) is 19.8. The van der Waals surface area contributed by atoms with Crippen molar-refractivity contribution < 1.29 is 14.3 Å². The van der Waals surface area contributed by atoms with Crippen molar-refractivity contribution >= 4 is 44.8 Å². The second-order valence-corrected chi connectivity index (χ2v) is 7.91. The lowest BCUT2D eigenvalue weighted by atomic mass is 10.1. The molecule has 0 aliphatic carbocycles. The van der Waals surface area contributed by atoms with E-state index in [0.717, 1.165) is 33.5 Å². The molecule has 1 atom stereocenters. The van der Waals surface area contributed by atoms with E-state index in [0.29, 0.717) is 10.5 Å². The molecule has 1 amide bonds. The van der Waals surface area contributed by atoms with Crippen LogP contribution in [0.2, 0.25) is 0 Å². The highest BCUT2D eigenvalue weighted by atomic mass is 32.1. The first-order chi connectivity index (χ1) is 13.2. The summed E-state index contributed by atoms with van der Waals surface area (Å²) in [6.07, 6.45) is -0.966. The predicted molar refractivity (Wildman–Crippen MR) is 113 cm³/mol. The van der Waals surface area contributed by atoms with Gasteiger partial charge in [0, 0.05) is 16.8 Å². The fourth-order valence-electron chi connectivity index (χ4n) is 3.12. The molecule has 0 aliphatic heterocycles. The van der Waals surface area contributed by atoms with E-state index in [1.807, 2.05) is 52.0 Å². The number of nitrogens with two attached hydrogens (primary N) is 1. The highest BCUT2D eigenvalue weighted by Gasteiger charge is 2.25. The molecule has 0 fully saturated rings. The van der Waals surface area contributed by atoms with E-state index in [1.54, 1.807) is 0 Å². The number of nitrogens with one attached hydrogen (secondary N) is 1. The topological polar surface area (TPSA) is 94.3 Å². The van der Waals surface area contributed by atoms with Crippen LogP contribution in [0.4, 0.5) is 11.4 Å². The highest BCUT2D eigenvalue weighted by Crippen LogP contribution is 2.35. The van der Waals surface area contributed by atoms with E-state index in [4.69, 9.17) is 10.5 Å². The normalized spacial score (nSPS) is 12.0. The van der Waals surface area contributed by atoms with Gasteiger partial charge < -0.3 is 15.8 Å². The maximum absolute atomic E-state index is 12.6. The number of nitrogens with zero attached hydrogens (tertiary/aromatic N) is 1. The maximum atomic E-state index is 12.6. The van der Waals surface area contributed by atoms with Crippen molar-refractivity contribution in [2.45, 2.75) is 40.7 Å². The number of hydrogen-bond donors (Lipinski definition) is 2. The molecule has 6 nitrogen and oxygen atoms in total. The number of esters is 1. The number of aromatic nitrogens is 1. The number of carbonyl (C=O) groups excluding carboxylic acids is 2. The van der Waals surface area contributed by atoms with Crippen molar-refractivity contribution in [1.82, 2.24) is 4.98 Å². The lowest BCUT2D eigenvalue weighted by molar-refractivity contribution is -0.123. The molecule has 3 N–H and O–H groups in total. The van der Waals surface area contributed by atoms with Gasteiger partial charge in [0.2, 0.25) is 0 Å². The summed E-state index contributed by atoms with van der Waals surface area (Å²) in [6, 6.07) is 7.66. The number of nitrogen functional groups attached to an aromatic ring is 1. The van der Waals surface area contributed by atoms with Crippen LogP contribution in [0.1, 0.15) is 39.0 Å². The van der Waals surface area contributed by atoms with Crippen molar-refractivity contribution in [3.8, 4) is 0 Å². The van der Waals surface area contributed by atoms with Gasteiger partial charge in [-0.1, -0.05) is 18.2 Å². The van der Waals surface area contributed by atoms with Crippen molar-refractivity contribution in [2.75, 3.05) is 11.1 Å². The molecule has 0 unspecified atom stereocenters. The number of thiophene rings is 1. The third kappa shape index (κ3) is 3.71. The number of anilines is 2. The number of benzene rings is 1. The number of para-hydroxylation sites is 1. The molecule has 146 valence electrons. The minimum absolute atomic E-state index is 0.267. The lowest BCUT2D eigenvalue weighted by Crippen LogP contribution is -2.30. The van der Waals surface area contributed by atoms with E-state index in [2.05, 4.69) is 10.3 Å². The Balaban J connectivity index is 1.79. The predicted octanol–water partition coefficient (Wildman–Crippen LogP) is 4.30. The second-order valence-electron chi connectivity index (χ2n) is 6.91. The molecule has 0 radical (unpaired) electrons. The lowest BCUT2D eigenvalue weighted by Gasteiger charge is -2.16. The number of ether oxygens (including phenoxy) is 1. The van der Waals surface area contributed by atoms with E-state index in [-0.39, 0.29) is 4.88 Å². The summed E-state index contributed by atoms with van der Waals surface area (Å²) in [5.74, 6) is -1.02. The Hall–Kier alpha value is -2.93. The van der Waals surface area contributed by atoms with Crippen LogP contribution >= 0.6 is 11.3 Å². The zero-order valence-electron chi connectivity index (χ0n) is 16.5. The second kappa shape index (κ2) is 7.59. The summed E-state index contributed by atoms with van der Waals surface area (Å²) in [4.78, 5) is 30.5. The molecular weight excluding hydrogens is 374 g/mol. The average molecular weight is 398 g/mol. The molecule has 0 bridgehead atoms. The highest BCUT2D eigenvalue weighted by molar-refractivity contribution is 7.21. The molecule has 28 heavy (non-hydrogen) atoms. The number of fused-ring (bicyclic) bond motifs is 1. The van der Waals surface area contributed by atoms with Gasteiger partial charge in [0.05, 0.1) is 5.69 Å². The van der Waals surface area contributed by atoms with E-state index < -0.39 is 18.0 Å². The summed E-state index contributed by atoms with van der Waals surface area (Å²) in [6.45, 7) is 9.18. The Morgan fingerprint density at radius 1 is 1.14 bits per heavy atom. The molecule has 2 aromatic heterocycles. The monoisotopic (exact) mass is 397 g/mol. The van der Waals surface area contributed by atoms with Crippen LogP contribution in [0.25, 0.3) is 10.2 Å². The molecular formula is C21H23N3O3S. The number of rotatable bonds is 4. The molecule has 0 saturated heterocycles. The van der Waals surface area contributed by atoms with Gasteiger partial charge in [-0.05, 0) is 57.4 Å². The summed E-state index contributed by atoms with van der Waals surface area (Å²) >= 11 is 1.18. The van der Waals surface area contributed by atoms with Crippen molar-refractivity contribution in [3.05, 3.63) is 51.5 Å². The molecule has 0 saturated carbocycles. The minimum Gasteiger partial charge on any atom is -0.448 e. The minimum atomic E-state index is -0.966. The van der Waals surface area contributed by atoms with Gasteiger partial charge in [0.25, 0.3) is 5.91 Å². The standard InChI is InChI=1S/C21H23N3O3S/c1-10-7-6-8-11(2)17(10)24-19(25)14(5)27-21(26)18-16(22)15-12(3)9-13(4)23-20(15)28-18/h6-9,14H,22H2,1-5H3,(H,24,25)/t14-/m1/s1. The van der Waals surface area contributed by atoms with Crippen LogP contribution in [0, 0.1) is 27.7 Å². The number of pyridine rings is 1. The van der Waals surface area contributed by atoms with Gasteiger partial charge in [-0.2, -0.15) is 0 Å². The Morgan fingerprint density at radius 3 is 2.43 bits per heavy atom. The zero-order chi connectivity index (χ0) is 20.6. The van der Waals surface area contributed by atoms with Gasteiger partial charge in [-0.15, -0.1) is 11.3 Å². The van der Waals surface area contributed by atoms with Crippen LogP contribution < -0.4 is 11.1 Å². The van der Waals surface area contributed by atoms with Gasteiger partial charge in [-0.3, -0.25) is 4.79 Å². The van der Waals surface area contributed by atoms with Crippen LogP contribution in [-0.4, -0.2) is 23.0 Å². The third-order valence-electron chi connectivity index (χ3n) is 4.59. The van der Waals surface area contributed by atoms with Crippen molar-refractivity contribution in [1.29, 1.82) is 0 Å². The quantitative estimate of drug-likeness (QED) is 0.640. The smallest absolute Gasteiger partial charge is 0.351 e.